The smallest absolute Gasteiger partial charge is 0.219 e. The first-order valence-electron chi connectivity index (χ1n) is 5.15. The molecule has 0 amide bonds. The van der Waals surface area contributed by atoms with E-state index in [0.717, 1.165) is 11.3 Å². The zero-order valence-electron chi connectivity index (χ0n) is 9.28. The van der Waals surface area contributed by atoms with Gasteiger partial charge in [-0.15, -0.1) is 11.6 Å². The molecule has 1 heterocycles. The lowest BCUT2D eigenvalue weighted by molar-refractivity contribution is 0.426. The molecular formula is C13H11ClFNO. The average Bonchev–Trinajstić information content (AvgIpc) is 2.31. The second-order valence-corrected chi connectivity index (χ2v) is 3.89. The summed E-state index contributed by atoms with van der Waals surface area (Å²) < 4.78 is 18.8. The van der Waals surface area contributed by atoms with Crippen LogP contribution in [0.15, 0.2) is 36.4 Å². The van der Waals surface area contributed by atoms with E-state index in [1.165, 1.54) is 6.07 Å². The van der Waals surface area contributed by atoms with Crippen molar-refractivity contribution in [2.24, 2.45) is 0 Å². The molecule has 1 aromatic heterocycles. The molecule has 4 heteroatoms. The number of hydrogen-bond donors (Lipinski definition) is 0. The summed E-state index contributed by atoms with van der Waals surface area (Å²) in [5.74, 6) is 0.469. The van der Waals surface area contributed by atoms with E-state index in [1.54, 1.807) is 24.3 Å². The van der Waals surface area contributed by atoms with E-state index in [2.05, 4.69) is 4.98 Å². The van der Waals surface area contributed by atoms with Gasteiger partial charge in [-0.1, -0.05) is 12.1 Å². The highest BCUT2D eigenvalue weighted by atomic mass is 35.5. The molecule has 17 heavy (non-hydrogen) atoms. The van der Waals surface area contributed by atoms with E-state index in [-0.39, 0.29) is 5.75 Å². The Bertz CT molecular complexity index is 531. The maximum Gasteiger partial charge on any atom is 0.219 e. The van der Waals surface area contributed by atoms with Gasteiger partial charge in [-0.05, 0) is 30.7 Å². The third kappa shape index (κ3) is 2.94. The summed E-state index contributed by atoms with van der Waals surface area (Å²) in [4.78, 5) is 4.17. The number of ether oxygens (including phenoxy) is 1. The fourth-order valence-corrected chi connectivity index (χ4v) is 1.63. The summed E-state index contributed by atoms with van der Waals surface area (Å²) in [6.07, 6.45) is 0. The fourth-order valence-electron chi connectivity index (χ4n) is 1.48. The van der Waals surface area contributed by atoms with Gasteiger partial charge in [0.15, 0.2) is 11.6 Å². The van der Waals surface area contributed by atoms with Crippen LogP contribution in [0.2, 0.25) is 0 Å². The molecule has 2 aromatic rings. The number of alkyl halides is 1. The molecule has 0 saturated heterocycles. The lowest BCUT2D eigenvalue weighted by atomic mass is 10.2. The van der Waals surface area contributed by atoms with Crippen LogP contribution in [0.4, 0.5) is 4.39 Å². The van der Waals surface area contributed by atoms with Gasteiger partial charge >= 0.3 is 0 Å². The van der Waals surface area contributed by atoms with E-state index in [4.69, 9.17) is 16.3 Å². The predicted octanol–water partition coefficient (Wildman–Crippen LogP) is 4.06. The molecular weight excluding hydrogens is 241 g/mol. The Hall–Kier alpha value is -1.61. The molecule has 0 aliphatic rings. The lowest BCUT2D eigenvalue weighted by Crippen LogP contribution is -1.94. The first-order chi connectivity index (χ1) is 8.19. The molecule has 1 aromatic carbocycles. The van der Waals surface area contributed by atoms with Gasteiger partial charge in [-0.3, -0.25) is 0 Å². The minimum absolute atomic E-state index is 0.158. The van der Waals surface area contributed by atoms with Crippen LogP contribution in [0.3, 0.4) is 0 Å². The van der Waals surface area contributed by atoms with Crippen LogP contribution in [0.25, 0.3) is 0 Å². The molecule has 0 aliphatic carbocycles. The Morgan fingerprint density at radius 1 is 1.29 bits per heavy atom. The average molecular weight is 252 g/mol. The fraction of sp³-hybridized carbons (Fsp3) is 0.154. The molecule has 0 bridgehead atoms. The summed E-state index contributed by atoms with van der Waals surface area (Å²) in [5, 5.41) is 0. The molecule has 0 spiro atoms. The minimum Gasteiger partial charge on any atom is -0.436 e. The number of benzene rings is 1. The second kappa shape index (κ2) is 5.15. The Balaban J connectivity index is 2.30. The zero-order chi connectivity index (χ0) is 12.3. The van der Waals surface area contributed by atoms with Crippen LogP contribution >= 0.6 is 11.6 Å². The van der Waals surface area contributed by atoms with Gasteiger partial charge in [-0.2, -0.15) is 0 Å². The number of aromatic nitrogens is 1. The molecule has 0 saturated carbocycles. The van der Waals surface area contributed by atoms with E-state index in [0.29, 0.717) is 11.8 Å². The number of aryl methyl sites for hydroxylation is 1. The first kappa shape index (κ1) is 11.9. The van der Waals surface area contributed by atoms with Crippen LogP contribution < -0.4 is 4.74 Å². The number of hydrogen-bond acceptors (Lipinski definition) is 2. The van der Waals surface area contributed by atoms with Gasteiger partial charge in [-0.25, -0.2) is 9.37 Å². The third-order valence-corrected chi connectivity index (χ3v) is 2.50. The van der Waals surface area contributed by atoms with Crippen molar-refractivity contribution >= 4 is 11.6 Å². The lowest BCUT2D eigenvalue weighted by Gasteiger charge is -2.07. The number of halogens is 2. The summed E-state index contributed by atoms with van der Waals surface area (Å²) in [6.45, 7) is 1.84. The highest BCUT2D eigenvalue weighted by Crippen LogP contribution is 2.24. The van der Waals surface area contributed by atoms with Crippen LogP contribution in [0, 0.1) is 12.7 Å². The molecule has 2 rings (SSSR count). The summed E-state index contributed by atoms with van der Waals surface area (Å²) in [7, 11) is 0. The largest absolute Gasteiger partial charge is 0.436 e. The third-order valence-electron chi connectivity index (χ3n) is 2.20. The molecule has 0 aliphatic heterocycles. The van der Waals surface area contributed by atoms with Crippen LogP contribution in [0.5, 0.6) is 11.6 Å². The maximum absolute atomic E-state index is 13.4. The van der Waals surface area contributed by atoms with Crippen molar-refractivity contribution in [2.75, 3.05) is 0 Å². The van der Waals surface area contributed by atoms with Gasteiger partial charge in [0.2, 0.25) is 5.88 Å². The van der Waals surface area contributed by atoms with Gasteiger partial charge in [0.25, 0.3) is 0 Å². The van der Waals surface area contributed by atoms with Gasteiger partial charge in [0.05, 0.1) is 0 Å². The highest BCUT2D eigenvalue weighted by molar-refractivity contribution is 6.17. The molecule has 0 radical (unpaired) electrons. The normalized spacial score (nSPS) is 10.3. The number of pyridine rings is 1. The van der Waals surface area contributed by atoms with Crippen LogP contribution in [-0.2, 0) is 5.88 Å². The Labute approximate surface area is 104 Å². The van der Waals surface area contributed by atoms with E-state index in [9.17, 15) is 4.39 Å². The number of rotatable bonds is 3. The summed E-state index contributed by atoms with van der Waals surface area (Å²) in [6, 6.07) is 9.77. The SMILES string of the molecule is Cc1cc(CCl)cc(Oc2ccccc2F)n1. The summed E-state index contributed by atoms with van der Waals surface area (Å²) >= 11 is 5.75. The van der Waals surface area contributed by atoms with Gasteiger partial charge in [0.1, 0.15) is 0 Å². The van der Waals surface area contributed by atoms with E-state index < -0.39 is 5.82 Å². The predicted molar refractivity (Wildman–Crippen MR) is 65.0 cm³/mol. The van der Waals surface area contributed by atoms with E-state index >= 15 is 0 Å². The molecule has 0 unspecified atom stereocenters. The first-order valence-corrected chi connectivity index (χ1v) is 5.68. The monoisotopic (exact) mass is 251 g/mol. The van der Waals surface area contributed by atoms with Crippen LogP contribution in [-0.4, -0.2) is 4.98 Å². The van der Waals surface area contributed by atoms with E-state index in [1.807, 2.05) is 13.0 Å². The minimum atomic E-state index is -0.414. The van der Waals surface area contributed by atoms with Gasteiger partial charge < -0.3 is 4.74 Å². The Kier molecular flexibility index (Phi) is 3.59. The highest BCUT2D eigenvalue weighted by Gasteiger charge is 2.06. The van der Waals surface area contributed by atoms with Crippen molar-refractivity contribution in [3.05, 3.63) is 53.5 Å². The molecule has 0 fully saturated rings. The molecule has 0 atom stereocenters. The maximum atomic E-state index is 13.4. The second-order valence-electron chi connectivity index (χ2n) is 3.62. The standard InChI is InChI=1S/C13H11ClFNO/c1-9-6-10(8-14)7-13(16-9)17-12-5-3-2-4-11(12)15/h2-7H,8H2,1H3. The molecule has 88 valence electrons. The van der Waals surface area contributed by atoms with Crippen molar-refractivity contribution < 1.29 is 9.13 Å². The Morgan fingerprint density at radius 3 is 2.76 bits per heavy atom. The van der Waals surface area contributed by atoms with Crippen molar-refractivity contribution in [3.63, 3.8) is 0 Å². The van der Waals surface area contributed by atoms with Crippen LogP contribution in [0.1, 0.15) is 11.3 Å². The Morgan fingerprint density at radius 2 is 2.06 bits per heavy atom. The molecule has 0 N–H and O–H groups in total. The van der Waals surface area contributed by atoms with Crippen molar-refractivity contribution in [1.82, 2.24) is 4.98 Å². The zero-order valence-corrected chi connectivity index (χ0v) is 10.0. The quantitative estimate of drug-likeness (QED) is 0.768. The number of para-hydroxylation sites is 1. The molecule has 2 nitrogen and oxygen atoms in total. The van der Waals surface area contributed by atoms with Crippen molar-refractivity contribution in [1.29, 1.82) is 0 Å². The topological polar surface area (TPSA) is 22.1 Å². The number of nitrogens with zero attached hydrogens (tertiary/aromatic N) is 1. The van der Waals surface area contributed by atoms with Crippen molar-refractivity contribution in [3.8, 4) is 11.6 Å². The van der Waals surface area contributed by atoms with Crippen molar-refractivity contribution in [2.45, 2.75) is 12.8 Å². The van der Waals surface area contributed by atoms with Gasteiger partial charge in [0, 0.05) is 17.6 Å². The summed E-state index contributed by atoms with van der Waals surface area (Å²) in [5.41, 5.74) is 1.68.